The number of imidazole rings is 1. The van der Waals surface area contributed by atoms with Gasteiger partial charge in [0.05, 0.1) is 36.8 Å². The number of hydrogen-bond donors (Lipinski definition) is 1. The molecule has 0 aliphatic carbocycles. The van der Waals surface area contributed by atoms with E-state index in [2.05, 4.69) is 74.4 Å². The van der Waals surface area contributed by atoms with Gasteiger partial charge in [0.1, 0.15) is 6.20 Å². The molecule has 1 aliphatic heterocycles. The zero-order valence-corrected chi connectivity index (χ0v) is 19.2. The van der Waals surface area contributed by atoms with Gasteiger partial charge < -0.3 is 14.5 Å². The molecule has 2 aromatic heterocycles. The Balaban J connectivity index is 1.77. The molecule has 6 heteroatoms. The second-order valence-corrected chi connectivity index (χ2v) is 8.84. The Morgan fingerprint density at radius 2 is 1.83 bits per heavy atom. The summed E-state index contributed by atoms with van der Waals surface area (Å²) >= 11 is 3.75. The Bertz CT molecular complexity index is 1270. The van der Waals surface area contributed by atoms with E-state index in [-0.39, 0.29) is 0 Å². The number of H-pyrrole nitrogens is 1. The first kappa shape index (κ1) is 19.2. The molecule has 5 nitrogen and oxygen atoms in total. The van der Waals surface area contributed by atoms with Crippen molar-refractivity contribution in [1.82, 2.24) is 9.55 Å². The lowest BCUT2D eigenvalue weighted by Gasteiger charge is -2.14. The molecule has 4 aromatic rings. The van der Waals surface area contributed by atoms with Gasteiger partial charge in [-0.2, -0.15) is 4.57 Å². The zero-order chi connectivity index (χ0) is 21.0. The lowest BCUT2D eigenvalue weighted by Crippen LogP contribution is -2.36. The molecule has 3 heterocycles. The molecule has 0 radical (unpaired) electrons. The molecule has 0 spiro atoms. The van der Waals surface area contributed by atoms with Gasteiger partial charge in [-0.1, -0.05) is 32.0 Å². The number of halogens is 1. The van der Waals surface area contributed by atoms with Crippen LogP contribution in [0.3, 0.4) is 0 Å². The fourth-order valence-electron chi connectivity index (χ4n) is 4.66. The number of aromatic amines is 1. The van der Waals surface area contributed by atoms with E-state index in [0.717, 1.165) is 23.1 Å². The largest absolute Gasteiger partial charge is 0.493 e. The number of fused-ring (bicyclic) bond motifs is 5. The van der Waals surface area contributed by atoms with Crippen LogP contribution >= 0.6 is 15.9 Å². The van der Waals surface area contributed by atoms with Crippen molar-refractivity contribution < 1.29 is 14.0 Å². The third-order valence-electron chi connectivity index (χ3n) is 5.95. The number of aromatic nitrogens is 3. The van der Waals surface area contributed by atoms with Crippen molar-refractivity contribution in [2.45, 2.75) is 32.7 Å². The van der Waals surface area contributed by atoms with Crippen molar-refractivity contribution in [2.24, 2.45) is 0 Å². The minimum atomic E-state index is 0.352. The van der Waals surface area contributed by atoms with Gasteiger partial charge in [0, 0.05) is 29.5 Å². The molecule has 0 amide bonds. The second-order valence-electron chi connectivity index (χ2n) is 7.98. The third kappa shape index (κ3) is 2.77. The average Bonchev–Trinajstić information content (AvgIpc) is 3.31. The molecule has 0 atom stereocenters. The van der Waals surface area contributed by atoms with Crippen LogP contribution in [0.5, 0.6) is 11.5 Å². The summed E-state index contributed by atoms with van der Waals surface area (Å²) in [6.07, 6.45) is 3.27. The SMILES string of the molecule is COc1cc(Br)c(-[n+]2cc3n(c2C(C)C)CCc2c-3[nH]c3ccccc23)cc1OC. The van der Waals surface area contributed by atoms with Gasteiger partial charge in [0.15, 0.2) is 22.9 Å². The van der Waals surface area contributed by atoms with Gasteiger partial charge >= 0.3 is 0 Å². The van der Waals surface area contributed by atoms with Crippen LogP contribution in [0.15, 0.2) is 47.1 Å². The van der Waals surface area contributed by atoms with Gasteiger partial charge in [0.2, 0.25) is 0 Å². The van der Waals surface area contributed by atoms with Crippen LogP contribution in [-0.2, 0) is 13.0 Å². The molecule has 0 saturated carbocycles. The smallest absolute Gasteiger partial charge is 0.264 e. The number of methoxy groups -OCH3 is 2. The van der Waals surface area contributed by atoms with Crippen LogP contribution in [0, 0.1) is 0 Å². The van der Waals surface area contributed by atoms with Crippen LogP contribution in [0.1, 0.15) is 31.2 Å². The maximum atomic E-state index is 5.58. The van der Waals surface area contributed by atoms with Crippen LogP contribution < -0.4 is 14.0 Å². The maximum absolute atomic E-state index is 5.58. The summed E-state index contributed by atoms with van der Waals surface area (Å²) in [6.45, 7) is 5.46. The number of nitrogens with one attached hydrogen (secondary N) is 1. The topological polar surface area (TPSA) is 43.1 Å². The number of hydrogen-bond acceptors (Lipinski definition) is 2. The summed E-state index contributed by atoms with van der Waals surface area (Å²) in [5.74, 6) is 3.04. The quantitative estimate of drug-likeness (QED) is 0.410. The van der Waals surface area contributed by atoms with Gasteiger partial charge in [-0.05, 0) is 27.6 Å². The summed E-state index contributed by atoms with van der Waals surface area (Å²) in [5, 5.41) is 1.32. The fourth-order valence-corrected chi connectivity index (χ4v) is 5.17. The molecule has 1 N–H and O–H groups in total. The fraction of sp³-hybridized carbons (Fsp3) is 0.292. The highest BCUT2D eigenvalue weighted by Crippen LogP contribution is 2.38. The Hall–Kier alpha value is -2.73. The molecule has 0 fully saturated rings. The van der Waals surface area contributed by atoms with Crippen LogP contribution in [0.4, 0.5) is 0 Å². The van der Waals surface area contributed by atoms with Gasteiger partial charge in [-0.3, -0.25) is 0 Å². The highest BCUT2D eigenvalue weighted by atomic mass is 79.9. The minimum absolute atomic E-state index is 0.352. The number of para-hydroxylation sites is 1. The molecular weight excluding hydrogens is 442 g/mol. The molecule has 1 aliphatic rings. The zero-order valence-electron chi connectivity index (χ0n) is 17.6. The van der Waals surface area contributed by atoms with Crippen LogP contribution in [-0.4, -0.2) is 23.8 Å². The number of aryl methyl sites for hydroxylation is 1. The molecular formula is C24H25BrN3O2+. The van der Waals surface area contributed by atoms with Crippen molar-refractivity contribution in [2.75, 3.05) is 14.2 Å². The molecule has 30 heavy (non-hydrogen) atoms. The molecule has 0 saturated heterocycles. The molecule has 0 bridgehead atoms. The van der Waals surface area contributed by atoms with Gasteiger partial charge in [0.25, 0.3) is 5.82 Å². The summed E-state index contributed by atoms with van der Waals surface area (Å²) in [7, 11) is 3.33. The lowest BCUT2D eigenvalue weighted by atomic mass is 10.0. The monoisotopic (exact) mass is 466 g/mol. The van der Waals surface area contributed by atoms with Crippen molar-refractivity contribution in [3.05, 3.63) is 58.5 Å². The second kappa shape index (κ2) is 7.20. The molecule has 5 rings (SSSR count). The highest BCUT2D eigenvalue weighted by molar-refractivity contribution is 9.10. The van der Waals surface area contributed by atoms with E-state index >= 15 is 0 Å². The molecule has 2 aromatic carbocycles. The van der Waals surface area contributed by atoms with Gasteiger partial charge in [-0.15, -0.1) is 0 Å². The van der Waals surface area contributed by atoms with E-state index in [1.807, 2.05) is 12.1 Å². The van der Waals surface area contributed by atoms with E-state index in [0.29, 0.717) is 17.4 Å². The van der Waals surface area contributed by atoms with Gasteiger partial charge in [-0.25, -0.2) is 4.57 Å². The Labute approximate surface area is 184 Å². The predicted molar refractivity (Wildman–Crippen MR) is 122 cm³/mol. The van der Waals surface area contributed by atoms with E-state index in [1.54, 1.807) is 14.2 Å². The predicted octanol–water partition coefficient (Wildman–Crippen LogP) is 5.37. The first-order chi connectivity index (χ1) is 14.5. The van der Waals surface area contributed by atoms with Crippen molar-refractivity contribution >= 4 is 26.8 Å². The summed E-state index contributed by atoms with van der Waals surface area (Å²) < 4.78 is 16.8. The van der Waals surface area contributed by atoms with E-state index in [4.69, 9.17) is 9.47 Å². The Morgan fingerprint density at radius 3 is 2.57 bits per heavy atom. The van der Waals surface area contributed by atoms with Crippen LogP contribution in [0.25, 0.3) is 28.0 Å². The van der Waals surface area contributed by atoms with Crippen molar-refractivity contribution in [3.63, 3.8) is 0 Å². The summed E-state index contributed by atoms with van der Waals surface area (Å²) in [5.41, 5.74) is 6.08. The van der Waals surface area contributed by atoms with Crippen molar-refractivity contribution in [1.29, 1.82) is 0 Å². The average molecular weight is 467 g/mol. The minimum Gasteiger partial charge on any atom is -0.493 e. The van der Waals surface area contributed by atoms with E-state index in [9.17, 15) is 0 Å². The van der Waals surface area contributed by atoms with E-state index in [1.165, 1.54) is 33.7 Å². The highest BCUT2D eigenvalue weighted by Gasteiger charge is 2.34. The first-order valence-electron chi connectivity index (χ1n) is 10.2. The van der Waals surface area contributed by atoms with Crippen molar-refractivity contribution in [3.8, 4) is 28.6 Å². The maximum Gasteiger partial charge on any atom is 0.264 e. The summed E-state index contributed by atoms with van der Waals surface area (Å²) in [4.78, 5) is 3.67. The normalized spacial score (nSPS) is 12.9. The number of nitrogens with zero attached hydrogens (tertiary/aromatic N) is 2. The summed E-state index contributed by atoms with van der Waals surface area (Å²) in [6, 6.07) is 12.6. The lowest BCUT2D eigenvalue weighted by molar-refractivity contribution is -0.606. The molecule has 0 unspecified atom stereocenters. The Kier molecular flexibility index (Phi) is 4.62. The van der Waals surface area contributed by atoms with Crippen LogP contribution in [0.2, 0.25) is 0 Å². The van der Waals surface area contributed by atoms with E-state index < -0.39 is 0 Å². The number of ether oxygens (including phenoxy) is 2. The number of rotatable bonds is 4. The Morgan fingerprint density at radius 1 is 1.10 bits per heavy atom. The molecule has 154 valence electrons. The first-order valence-corrected chi connectivity index (χ1v) is 11.0. The standard InChI is InChI=1S/C24H25BrN3O2/c1-14(2)24-27-10-9-16-15-7-5-6-8-18(15)26-23(16)20(27)13-28(24)19-12-22(30-4)21(29-3)11-17(19)25/h5-8,11-14,26H,9-10H2,1-4H3/q+1. The number of benzene rings is 2. The third-order valence-corrected chi connectivity index (χ3v) is 6.58.